The number of rotatable bonds is 2. The highest BCUT2D eigenvalue weighted by Gasteiger charge is 2.07. The van der Waals surface area contributed by atoms with Crippen molar-refractivity contribution in [2.75, 3.05) is 7.11 Å². The number of methoxy groups -OCH3 is 1. The van der Waals surface area contributed by atoms with Gasteiger partial charge in [0.1, 0.15) is 5.75 Å². The Bertz CT molecular complexity index is 254. The van der Waals surface area contributed by atoms with E-state index >= 15 is 0 Å². The zero-order valence-corrected chi connectivity index (χ0v) is 7.56. The third kappa shape index (κ3) is 1.68. The lowest BCUT2D eigenvalue weighted by atomic mass is 10.3. The first-order valence-electron chi connectivity index (χ1n) is 3.03. The van der Waals surface area contributed by atoms with Gasteiger partial charge in [-0.15, -0.1) is 0 Å². The highest BCUT2D eigenvalue weighted by atomic mass is 79.9. The second-order valence-corrected chi connectivity index (χ2v) is 2.48. The van der Waals surface area contributed by atoms with Crippen molar-refractivity contribution in [3.8, 4) is 5.75 Å². The Morgan fingerprint density at radius 2 is 2.45 bits per heavy atom. The number of aromatic nitrogens is 1. The van der Waals surface area contributed by atoms with Crippen molar-refractivity contribution in [2.24, 2.45) is 0 Å². The average molecular weight is 220 g/mol. The first-order chi connectivity index (χ1) is 5.29. The lowest BCUT2D eigenvalue weighted by Gasteiger charge is -2.04. The lowest BCUT2D eigenvalue weighted by Crippen LogP contribution is -1.95. The van der Waals surface area contributed by atoms with Crippen LogP contribution in [0.1, 0.15) is 5.56 Å². The second kappa shape index (κ2) is 3.67. The fraction of sp³-hybridized carbons (Fsp3) is 0.286. The molecule has 2 nitrogen and oxygen atoms in total. The van der Waals surface area contributed by atoms with E-state index in [4.69, 9.17) is 4.74 Å². The van der Waals surface area contributed by atoms with Gasteiger partial charge >= 0.3 is 0 Å². The molecule has 0 aliphatic rings. The van der Waals surface area contributed by atoms with E-state index in [-0.39, 0.29) is 0 Å². The van der Waals surface area contributed by atoms with Crippen molar-refractivity contribution >= 4 is 15.9 Å². The summed E-state index contributed by atoms with van der Waals surface area (Å²) in [6, 6.07) is 1.62. The molecule has 0 saturated heterocycles. The highest BCUT2D eigenvalue weighted by molar-refractivity contribution is 9.08. The van der Waals surface area contributed by atoms with Gasteiger partial charge in [-0.2, -0.15) is 4.39 Å². The molecule has 0 bridgehead atoms. The molecule has 0 spiro atoms. The van der Waals surface area contributed by atoms with Gasteiger partial charge in [0.05, 0.1) is 12.7 Å². The zero-order chi connectivity index (χ0) is 8.27. The molecule has 11 heavy (non-hydrogen) atoms. The summed E-state index contributed by atoms with van der Waals surface area (Å²) in [5.41, 5.74) is 0.454. The largest absolute Gasteiger partial charge is 0.496 e. The molecule has 1 aromatic heterocycles. The van der Waals surface area contributed by atoms with Crippen LogP contribution in [0.4, 0.5) is 4.39 Å². The molecule has 1 aromatic rings. The third-order valence-electron chi connectivity index (χ3n) is 1.31. The maximum Gasteiger partial charge on any atom is 0.220 e. The van der Waals surface area contributed by atoms with E-state index in [0.717, 1.165) is 0 Å². The summed E-state index contributed by atoms with van der Waals surface area (Å²) in [6.07, 6.45) is 1.38. The van der Waals surface area contributed by atoms with Gasteiger partial charge in [0.2, 0.25) is 5.95 Å². The van der Waals surface area contributed by atoms with Crippen LogP contribution in [-0.2, 0) is 5.33 Å². The average Bonchev–Trinajstić information content (AvgIpc) is 2.04. The summed E-state index contributed by atoms with van der Waals surface area (Å²) in [4.78, 5) is 3.48. The molecule has 0 radical (unpaired) electrons. The Balaban J connectivity index is 3.13. The summed E-state index contributed by atoms with van der Waals surface area (Å²) in [6.45, 7) is 0. The normalized spacial score (nSPS) is 9.73. The molecular weight excluding hydrogens is 213 g/mol. The van der Waals surface area contributed by atoms with Crippen molar-refractivity contribution in [3.63, 3.8) is 0 Å². The summed E-state index contributed by atoms with van der Waals surface area (Å²) in [5.74, 6) is 0.0376. The van der Waals surface area contributed by atoms with E-state index in [2.05, 4.69) is 20.9 Å². The molecular formula is C7H7BrFNO. The molecule has 1 heterocycles. The minimum Gasteiger partial charge on any atom is -0.496 e. The van der Waals surface area contributed by atoms with Crippen molar-refractivity contribution in [2.45, 2.75) is 5.33 Å². The number of pyridine rings is 1. The van der Waals surface area contributed by atoms with E-state index in [0.29, 0.717) is 16.6 Å². The molecule has 0 atom stereocenters. The van der Waals surface area contributed by atoms with Crippen LogP contribution in [0.15, 0.2) is 12.3 Å². The minimum absolute atomic E-state index is 0.413. The molecule has 0 aromatic carbocycles. The van der Waals surface area contributed by atoms with Gasteiger partial charge in [0.25, 0.3) is 0 Å². The number of alkyl halides is 1. The first kappa shape index (κ1) is 8.46. The molecule has 0 aliphatic heterocycles. The van der Waals surface area contributed by atoms with Gasteiger partial charge in [0, 0.05) is 11.5 Å². The minimum atomic E-state index is -0.485. The Kier molecular flexibility index (Phi) is 2.82. The van der Waals surface area contributed by atoms with Gasteiger partial charge in [0.15, 0.2) is 0 Å². The SMILES string of the molecule is COc1ccnc(F)c1CBr. The smallest absolute Gasteiger partial charge is 0.220 e. The molecule has 1 rings (SSSR count). The van der Waals surface area contributed by atoms with Crippen molar-refractivity contribution < 1.29 is 9.13 Å². The second-order valence-electron chi connectivity index (χ2n) is 1.92. The number of halogens is 2. The molecule has 0 aliphatic carbocycles. The summed E-state index contributed by atoms with van der Waals surface area (Å²) in [7, 11) is 1.50. The van der Waals surface area contributed by atoms with Crippen LogP contribution in [0.25, 0.3) is 0 Å². The molecule has 0 amide bonds. The Hall–Kier alpha value is -0.640. The molecule has 4 heteroatoms. The van der Waals surface area contributed by atoms with Crippen molar-refractivity contribution in [3.05, 3.63) is 23.8 Å². The number of hydrogen-bond acceptors (Lipinski definition) is 2. The lowest BCUT2D eigenvalue weighted by molar-refractivity contribution is 0.404. The zero-order valence-electron chi connectivity index (χ0n) is 5.97. The van der Waals surface area contributed by atoms with Crippen LogP contribution in [0.2, 0.25) is 0 Å². The van der Waals surface area contributed by atoms with Crippen LogP contribution >= 0.6 is 15.9 Å². The monoisotopic (exact) mass is 219 g/mol. The Labute approximate surface area is 72.5 Å². The van der Waals surface area contributed by atoms with Crippen LogP contribution < -0.4 is 4.74 Å². The van der Waals surface area contributed by atoms with Crippen LogP contribution in [-0.4, -0.2) is 12.1 Å². The quantitative estimate of drug-likeness (QED) is 0.562. The van der Waals surface area contributed by atoms with Gasteiger partial charge in [-0.3, -0.25) is 0 Å². The third-order valence-corrected chi connectivity index (χ3v) is 1.87. The van der Waals surface area contributed by atoms with E-state index in [9.17, 15) is 4.39 Å². The van der Waals surface area contributed by atoms with Crippen LogP contribution in [0, 0.1) is 5.95 Å². The van der Waals surface area contributed by atoms with E-state index in [1.807, 2.05) is 0 Å². The van der Waals surface area contributed by atoms with E-state index in [1.165, 1.54) is 13.3 Å². The number of nitrogens with zero attached hydrogens (tertiary/aromatic N) is 1. The summed E-state index contributed by atoms with van der Waals surface area (Å²) >= 11 is 3.14. The summed E-state index contributed by atoms with van der Waals surface area (Å²) < 4.78 is 17.7. The van der Waals surface area contributed by atoms with Gasteiger partial charge in [-0.1, -0.05) is 15.9 Å². The Morgan fingerprint density at radius 1 is 1.73 bits per heavy atom. The standard InChI is InChI=1S/C7H7BrFNO/c1-11-6-2-3-10-7(9)5(6)4-8/h2-3H,4H2,1H3. The van der Waals surface area contributed by atoms with Gasteiger partial charge in [-0.05, 0) is 6.07 Å². The van der Waals surface area contributed by atoms with Crippen molar-refractivity contribution in [1.82, 2.24) is 4.98 Å². The maximum atomic E-state index is 12.8. The number of ether oxygens (including phenoxy) is 1. The predicted octanol–water partition coefficient (Wildman–Crippen LogP) is 2.12. The first-order valence-corrected chi connectivity index (χ1v) is 4.15. The van der Waals surface area contributed by atoms with E-state index in [1.54, 1.807) is 6.07 Å². The fourth-order valence-electron chi connectivity index (χ4n) is 0.763. The molecule has 60 valence electrons. The van der Waals surface area contributed by atoms with E-state index < -0.39 is 5.95 Å². The van der Waals surface area contributed by atoms with Gasteiger partial charge < -0.3 is 4.74 Å². The topological polar surface area (TPSA) is 22.1 Å². The van der Waals surface area contributed by atoms with Gasteiger partial charge in [-0.25, -0.2) is 4.98 Å². The molecule has 0 fully saturated rings. The summed E-state index contributed by atoms with van der Waals surface area (Å²) in [5, 5.41) is 0.413. The Morgan fingerprint density at radius 3 is 2.91 bits per heavy atom. The predicted molar refractivity (Wildman–Crippen MR) is 43.4 cm³/mol. The molecule has 0 N–H and O–H groups in total. The highest BCUT2D eigenvalue weighted by Crippen LogP contribution is 2.21. The van der Waals surface area contributed by atoms with Crippen molar-refractivity contribution in [1.29, 1.82) is 0 Å². The van der Waals surface area contributed by atoms with Crippen LogP contribution in [0.3, 0.4) is 0 Å². The molecule has 0 saturated carbocycles. The van der Waals surface area contributed by atoms with Crippen LogP contribution in [0.5, 0.6) is 5.75 Å². The number of hydrogen-bond donors (Lipinski definition) is 0. The fourth-order valence-corrected chi connectivity index (χ4v) is 1.27. The molecule has 0 unspecified atom stereocenters. The maximum absolute atomic E-state index is 12.8.